The molecule has 0 aliphatic heterocycles. The molecule has 1 N–H and O–H groups in total. The number of carbonyl (C=O) groups is 2. The van der Waals surface area contributed by atoms with Gasteiger partial charge in [-0.05, 0) is 35.7 Å². The fourth-order valence-electron chi connectivity index (χ4n) is 3.59. The second-order valence-corrected chi connectivity index (χ2v) is 7.84. The lowest BCUT2D eigenvalue weighted by Crippen LogP contribution is -2.33. The van der Waals surface area contributed by atoms with E-state index in [4.69, 9.17) is 4.74 Å². The summed E-state index contributed by atoms with van der Waals surface area (Å²) < 4.78 is 6.62. The number of fused-ring (bicyclic) bond motifs is 2. The molecule has 30 heavy (non-hydrogen) atoms. The third-order valence-corrected chi connectivity index (χ3v) is 5.99. The Labute approximate surface area is 176 Å². The lowest BCUT2D eigenvalue weighted by molar-refractivity contribution is -0.141. The summed E-state index contributed by atoms with van der Waals surface area (Å²) in [6.07, 6.45) is 0.0500. The first-order chi connectivity index (χ1) is 14.6. The molecule has 6 nitrogen and oxygen atoms in total. The molecule has 0 radical (unpaired) electrons. The van der Waals surface area contributed by atoms with Crippen LogP contribution in [0.4, 0.5) is 0 Å². The van der Waals surface area contributed by atoms with E-state index >= 15 is 0 Å². The predicted octanol–water partition coefficient (Wildman–Crippen LogP) is 3.64. The second-order valence-electron chi connectivity index (χ2n) is 6.87. The van der Waals surface area contributed by atoms with E-state index in [9.17, 15) is 14.4 Å². The highest BCUT2D eigenvalue weighted by Gasteiger charge is 2.21. The number of methoxy groups -OCH3 is 1. The quantitative estimate of drug-likeness (QED) is 0.382. The zero-order valence-electron chi connectivity index (χ0n) is 16.3. The first-order valence-electron chi connectivity index (χ1n) is 9.48. The highest BCUT2D eigenvalue weighted by Crippen LogP contribution is 2.23. The Bertz CT molecular complexity index is 1220. The maximum atomic E-state index is 13.0. The molecule has 2 aromatic carbocycles. The lowest BCUT2D eigenvalue weighted by Gasteiger charge is -2.19. The number of nitrogens with one attached hydrogen (secondary N) is 1. The lowest BCUT2D eigenvalue weighted by atomic mass is 10.1. The van der Waals surface area contributed by atoms with Gasteiger partial charge in [-0.25, -0.2) is 0 Å². The minimum atomic E-state index is -0.470. The van der Waals surface area contributed by atoms with Gasteiger partial charge in [0.15, 0.2) is 5.43 Å². The van der Waals surface area contributed by atoms with Crippen molar-refractivity contribution in [2.75, 3.05) is 7.11 Å². The molecule has 0 aliphatic carbocycles. The fraction of sp³-hybridized carbons (Fsp3) is 0.174. The highest BCUT2D eigenvalue weighted by atomic mass is 32.1. The van der Waals surface area contributed by atoms with Crippen LogP contribution in [0.15, 0.2) is 70.8 Å². The van der Waals surface area contributed by atoms with Gasteiger partial charge in [0, 0.05) is 15.6 Å². The van der Waals surface area contributed by atoms with Gasteiger partial charge in [0.2, 0.25) is 5.91 Å². The summed E-state index contributed by atoms with van der Waals surface area (Å²) in [5, 5.41) is 5.97. The van der Waals surface area contributed by atoms with Crippen molar-refractivity contribution in [1.29, 1.82) is 0 Å². The number of benzene rings is 2. The van der Waals surface area contributed by atoms with Crippen LogP contribution >= 0.6 is 11.3 Å². The molecule has 0 bridgehead atoms. The molecule has 1 unspecified atom stereocenters. The molecule has 0 fully saturated rings. The van der Waals surface area contributed by atoms with E-state index in [1.807, 2.05) is 58.5 Å². The molecule has 0 spiro atoms. The number of nitrogens with zero attached hydrogens (tertiary/aromatic N) is 1. The number of thiophene rings is 1. The monoisotopic (exact) mass is 420 g/mol. The van der Waals surface area contributed by atoms with Crippen molar-refractivity contribution < 1.29 is 14.3 Å². The average Bonchev–Trinajstić information content (AvgIpc) is 3.31. The van der Waals surface area contributed by atoms with Gasteiger partial charge in [-0.2, -0.15) is 0 Å². The van der Waals surface area contributed by atoms with Gasteiger partial charge >= 0.3 is 5.97 Å². The average molecular weight is 420 g/mol. The number of carbonyl (C=O) groups excluding carboxylic acids is 2. The molecule has 0 saturated heterocycles. The zero-order valence-corrected chi connectivity index (χ0v) is 17.1. The van der Waals surface area contributed by atoms with Gasteiger partial charge in [-0.1, -0.05) is 30.3 Å². The van der Waals surface area contributed by atoms with E-state index in [2.05, 4.69) is 5.32 Å². The molecule has 4 aromatic rings. The van der Waals surface area contributed by atoms with Gasteiger partial charge in [-0.15, -0.1) is 11.3 Å². The third-order valence-electron chi connectivity index (χ3n) is 5.00. The van der Waals surface area contributed by atoms with Crippen LogP contribution in [0.3, 0.4) is 0 Å². The Hall–Kier alpha value is -3.45. The van der Waals surface area contributed by atoms with Crippen molar-refractivity contribution in [2.24, 2.45) is 0 Å². The summed E-state index contributed by atoms with van der Waals surface area (Å²) in [7, 11) is 1.33. The van der Waals surface area contributed by atoms with Crippen LogP contribution in [-0.4, -0.2) is 23.6 Å². The number of aromatic nitrogens is 1. The second kappa shape index (κ2) is 8.51. The van der Waals surface area contributed by atoms with Crippen LogP contribution in [0.2, 0.25) is 0 Å². The number of pyridine rings is 1. The number of rotatable bonds is 6. The van der Waals surface area contributed by atoms with Crippen molar-refractivity contribution in [3.05, 3.63) is 81.1 Å². The third kappa shape index (κ3) is 3.84. The molecule has 0 saturated carbocycles. The number of amides is 1. The van der Waals surface area contributed by atoms with Crippen molar-refractivity contribution in [3.8, 4) is 0 Å². The molecular weight excluding hydrogens is 400 g/mol. The Morgan fingerprint density at radius 1 is 1.00 bits per heavy atom. The van der Waals surface area contributed by atoms with Crippen LogP contribution in [0.25, 0.3) is 21.8 Å². The maximum Gasteiger partial charge on any atom is 0.307 e. The number of para-hydroxylation sites is 2. The topological polar surface area (TPSA) is 77.4 Å². The molecule has 1 atom stereocenters. The summed E-state index contributed by atoms with van der Waals surface area (Å²) in [5.41, 5.74) is 1.33. The number of esters is 1. The molecule has 2 heterocycles. The molecule has 152 valence electrons. The zero-order chi connectivity index (χ0) is 21.1. The number of ether oxygens (including phenoxy) is 1. The molecule has 2 aromatic heterocycles. The Kier molecular flexibility index (Phi) is 5.63. The molecule has 1 amide bonds. The summed E-state index contributed by atoms with van der Waals surface area (Å²) in [5.74, 6) is -0.649. The van der Waals surface area contributed by atoms with Gasteiger partial charge in [0.1, 0.15) is 6.54 Å². The van der Waals surface area contributed by atoms with Crippen LogP contribution < -0.4 is 10.7 Å². The van der Waals surface area contributed by atoms with E-state index in [1.165, 1.54) is 18.4 Å². The van der Waals surface area contributed by atoms with Crippen molar-refractivity contribution in [3.63, 3.8) is 0 Å². The first kappa shape index (κ1) is 19.8. The summed E-state index contributed by atoms with van der Waals surface area (Å²) in [4.78, 5) is 38.6. The van der Waals surface area contributed by atoms with Crippen LogP contribution in [0.5, 0.6) is 0 Å². The molecule has 0 aliphatic rings. The van der Waals surface area contributed by atoms with Crippen LogP contribution in [0.1, 0.15) is 17.3 Å². The molecule has 7 heteroatoms. The Morgan fingerprint density at radius 2 is 1.63 bits per heavy atom. The van der Waals surface area contributed by atoms with Crippen LogP contribution in [0, 0.1) is 0 Å². The van der Waals surface area contributed by atoms with Crippen molar-refractivity contribution in [2.45, 2.75) is 19.0 Å². The Balaban J connectivity index is 1.71. The van der Waals surface area contributed by atoms with Crippen LogP contribution in [-0.2, 0) is 20.9 Å². The Morgan fingerprint density at radius 3 is 2.20 bits per heavy atom. The predicted molar refractivity (Wildman–Crippen MR) is 118 cm³/mol. The number of hydrogen-bond donors (Lipinski definition) is 1. The minimum Gasteiger partial charge on any atom is -0.469 e. The smallest absolute Gasteiger partial charge is 0.307 e. The maximum absolute atomic E-state index is 13.0. The highest BCUT2D eigenvalue weighted by molar-refractivity contribution is 7.10. The largest absolute Gasteiger partial charge is 0.469 e. The standard InChI is InChI=1S/C23H20N2O4S/c1-29-22(27)13-17(20-11-6-12-30-20)24-21(26)14-25-18-9-4-2-7-15(18)23(28)16-8-3-5-10-19(16)25/h2-12,17H,13-14H2,1H3,(H,24,26). The van der Waals surface area contributed by atoms with Crippen molar-refractivity contribution >= 4 is 45.0 Å². The van der Waals surface area contributed by atoms with E-state index in [1.54, 1.807) is 12.1 Å². The van der Waals surface area contributed by atoms with E-state index < -0.39 is 12.0 Å². The van der Waals surface area contributed by atoms with E-state index in [0.717, 1.165) is 4.88 Å². The number of hydrogen-bond acceptors (Lipinski definition) is 5. The summed E-state index contributed by atoms with van der Waals surface area (Å²) in [6.45, 7) is 0.0182. The fourth-order valence-corrected chi connectivity index (χ4v) is 4.37. The summed E-state index contributed by atoms with van der Waals surface area (Å²) in [6, 6.07) is 17.8. The van der Waals surface area contributed by atoms with Gasteiger partial charge in [0.05, 0.1) is 30.6 Å². The summed E-state index contributed by atoms with van der Waals surface area (Å²) >= 11 is 1.47. The minimum absolute atomic E-state index is 0.0182. The van der Waals surface area contributed by atoms with Gasteiger partial charge in [0.25, 0.3) is 0 Å². The normalized spacial score (nSPS) is 12.0. The van der Waals surface area contributed by atoms with Crippen molar-refractivity contribution in [1.82, 2.24) is 9.88 Å². The molecule has 4 rings (SSSR count). The van der Waals surface area contributed by atoms with E-state index in [0.29, 0.717) is 21.8 Å². The first-order valence-corrected chi connectivity index (χ1v) is 10.4. The van der Waals surface area contributed by atoms with E-state index in [-0.39, 0.29) is 24.3 Å². The van der Waals surface area contributed by atoms with Gasteiger partial charge < -0.3 is 14.6 Å². The SMILES string of the molecule is COC(=O)CC(NC(=O)Cn1c2ccccc2c(=O)c2ccccc21)c1cccs1. The molecular formula is C23H20N2O4S. The van der Waals surface area contributed by atoms with Gasteiger partial charge in [-0.3, -0.25) is 14.4 Å².